The molecule has 6 heteroatoms. The van der Waals surface area contributed by atoms with Gasteiger partial charge in [0.1, 0.15) is 5.54 Å². The largest absolute Gasteiger partial charge is 0.493 e. The summed E-state index contributed by atoms with van der Waals surface area (Å²) in [6.45, 7) is 3.89. The number of methoxy groups -OCH3 is 2. The van der Waals surface area contributed by atoms with Gasteiger partial charge < -0.3 is 14.8 Å². The minimum atomic E-state index is -1.06. The third kappa shape index (κ3) is 3.12. The van der Waals surface area contributed by atoms with E-state index in [1.165, 1.54) is 16.0 Å². The zero-order chi connectivity index (χ0) is 20.8. The van der Waals surface area contributed by atoms with Crippen LogP contribution in [0.3, 0.4) is 0 Å². The van der Waals surface area contributed by atoms with E-state index in [4.69, 9.17) is 9.47 Å². The van der Waals surface area contributed by atoms with E-state index >= 15 is 0 Å². The van der Waals surface area contributed by atoms with Crippen molar-refractivity contribution in [2.75, 3.05) is 14.2 Å². The van der Waals surface area contributed by atoms with Crippen LogP contribution < -0.4 is 14.8 Å². The number of carbonyl (C=O) groups excluding carboxylic acids is 2. The van der Waals surface area contributed by atoms with E-state index in [0.717, 1.165) is 36.0 Å². The van der Waals surface area contributed by atoms with Crippen molar-refractivity contribution in [2.24, 2.45) is 0 Å². The number of carbonyl (C=O) groups is 2. The molecule has 152 valence electrons. The molecule has 6 nitrogen and oxygen atoms in total. The van der Waals surface area contributed by atoms with Gasteiger partial charge in [0, 0.05) is 0 Å². The van der Waals surface area contributed by atoms with E-state index < -0.39 is 5.54 Å². The molecule has 1 aliphatic heterocycles. The van der Waals surface area contributed by atoms with Crippen LogP contribution >= 0.6 is 0 Å². The second-order valence-corrected chi connectivity index (χ2v) is 7.92. The highest BCUT2D eigenvalue weighted by atomic mass is 16.5. The van der Waals surface area contributed by atoms with Crippen LogP contribution in [0, 0.1) is 6.92 Å². The Bertz CT molecular complexity index is 1000. The minimum Gasteiger partial charge on any atom is -0.493 e. The second kappa shape index (κ2) is 7.10. The number of imide groups is 1. The fourth-order valence-corrected chi connectivity index (χ4v) is 4.28. The Hall–Kier alpha value is -3.02. The number of urea groups is 1. The fourth-order valence-electron chi connectivity index (χ4n) is 4.28. The maximum absolute atomic E-state index is 13.3. The van der Waals surface area contributed by atoms with E-state index in [0.29, 0.717) is 11.5 Å². The smallest absolute Gasteiger partial charge is 0.325 e. The number of aryl methyl sites for hydroxylation is 3. The first kappa shape index (κ1) is 19.3. The second-order valence-electron chi connectivity index (χ2n) is 7.92. The molecule has 29 heavy (non-hydrogen) atoms. The van der Waals surface area contributed by atoms with Gasteiger partial charge in [-0.25, -0.2) is 4.79 Å². The van der Waals surface area contributed by atoms with E-state index in [2.05, 4.69) is 17.4 Å². The van der Waals surface area contributed by atoms with Crippen LogP contribution in [0.25, 0.3) is 0 Å². The average molecular weight is 394 g/mol. The first-order valence-electron chi connectivity index (χ1n) is 9.85. The van der Waals surface area contributed by atoms with Crippen molar-refractivity contribution in [3.63, 3.8) is 0 Å². The van der Waals surface area contributed by atoms with E-state index in [-0.39, 0.29) is 18.5 Å². The van der Waals surface area contributed by atoms with E-state index in [9.17, 15) is 9.59 Å². The van der Waals surface area contributed by atoms with Gasteiger partial charge in [-0.2, -0.15) is 0 Å². The molecule has 0 bridgehead atoms. The highest BCUT2D eigenvalue weighted by Crippen LogP contribution is 2.35. The van der Waals surface area contributed by atoms with Gasteiger partial charge >= 0.3 is 6.03 Å². The lowest BCUT2D eigenvalue weighted by Crippen LogP contribution is -2.41. The maximum Gasteiger partial charge on any atom is 0.325 e. The summed E-state index contributed by atoms with van der Waals surface area (Å²) in [6, 6.07) is 9.42. The van der Waals surface area contributed by atoms with Gasteiger partial charge in [-0.15, -0.1) is 0 Å². The molecular formula is C23H26N2O4. The number of hydrogen-bond acceptors (Lipinski definition) is 4. The van der Waals surface area contributed by atoms with Crippen LogP contribution in [-0.2, 0) is 29.7 Å². The first-order chi connectivity index (χ1) is 13.9. The summed E-state index contributed by atoms with van der Waals surface area (Å²) in [4.78, 5) is 27.3. The summed E-state index contributed by atoms with van der Waals surface area (Å²) in [5.41, 5.74) is 4.16. The van der Waals surface area contributed by atoms with Crippen molar-refractivity contribution >= 4 is 11.9 Å². The Morgan fingerprint density at radius 1 is 1.03 bits per heavy atom. The SMILES string of the molecule is COc1cc(C)c(CN2C(=O)NC(C)(c3ccc4c(c3)CCC4)C2=O)cc1OC. The number of fused-ring (bicyclic) bond motifs is 1. The van der Waals surface area contributed by atoms with Crippen LogP contribution in [0.2, 0.25) is 0 Å². The summed E-state index contributed by atoms with van der Waals surface area (Å²) in [5.74, 6) is 0.949. The standard InChI is InChI=1S/C23H26N2O4/c1-14-10-19(28-3)20(29-4)12-17(14)13-25-21(26)23(2,24-22(25)27)18-9-8-15-6-5-7-16(15)11-18/h8-12H,5-7,13H2,1-4H3,(H,24,27). The molecule has 2 aromatic carbocycles. The summed E-state index contributed by atoms with van der Waals surface area (Å²) in [5, 5.41) is 2.91. The van der Waals surface area contributed by atoms with Crippen LogP contribution in [0.1, 0.15) is 41.2 Å². The molecular weight excluding hydrogens is 368 g/mol. The molecule has 0 spiro atoms. The normalized spacial score (nSPS) is 20.6. The first-order valence-corrected chi connectivity index (χ1v) is 9.85. The van der Waals surface area contributed by atoms with Crippen molar-refractivity contribution in [3.05, 3.63) is 58.1 Å². The van der Waals surface area contributed by atoms with Crippen molar-refractivity contribution in [3.8, 4) is 11.5 Å². The van der Waals surface area contributed by atoms with Crippen LogP contribution in [0.4, 0.5) is 4.79 Å². The number of nitrogens with zero attached hydrogens (tertiary/aromatic N) is 1. The quantitative estimate of drug-likeness (QED) is 0.789. The number of ether oxygens (including phenoxy) is 2. The predicted octanol–water partition coefficient (Wildman–Crippen LogP) is 3.47. The van der Waals surface area contributed by atoms with Crippen LogP contribution in [0.15, 0.2) is 30.3 Å². The highest BCUT2D eigenvalue weighted by molar-refractivity contribution is 6.07. The monoisotopic (exact) mass is 394 g/mol. The Labute approximate surface area is 170 Å². The summed E-state index contributed by atoms with van der Waals surface area (Å²) in [7, 11) is 3.14. The van der Waals surface area contributed by atoms with Gasteiger partial charge in [0.15, 0.2) is 11.5 Å². The van der Waals surface area contributed by atoms with Gasteiger partial charge in [0.25, 0.3) is 5.91 Å². The number of nitrogens with one attached hydrogen (secondary N) is 1. The lowest BCUT2D eigenvalue weighted by molar-refractivity contribution is -0.131. The Balaban J connectivity index is 1.64. The summed E-state index contributed by atoms with van der Waals surface area (Å²) < 4.78 is 10.7. The lowest BCUT2D eigenvalue weighted by Gasteiger charge is -2.23. The third-order valence-corrected chi connectivity index (χ3v) is 6.12. The molecule has 1 atom stereocenters. The number of amides is 3. The molecule has 1 aliphatic carbocycles. The molecule has 0 aromatic heterocycles. The van der Waals surface area contributed by atoms with Gasteiger partial charge in [-0.3, -0.25) is 9.69 Å². The molecule has 1 heterocycles. The average Bonchev–Trinajstić information content (AvgIpc) is 3.27. The highest BCUT2D eigenvalue weighted by Gasteiger charge is 2.49. The fraction of sp³-hybridized carbons (Fsp3) is 0.391. The zero-order valence-corrected chi connectivity index (χ0v) is 17.3. The lowest BCUT2D eigenvalue weighted by atomic mass is 9.89. The zero-order valence-electron chi connectivity index (χ0n) is 17.3. The van der Waals surface area contributed by atoms with Crippen molar-refractivity contribution in [1.29, 1.82) is 0 Å². The van der Waals surface area contributed by atoms with Crippen molar-refractivity contribution < 1.29 is 19.1 Å². The van der Waals surface area contributed by atoms with Crippen molar-refractivity contribution in [2.45, 2.75) is 45.2 Å². The molecule has 1 N–H and O–H groups in total. The number of rotatable bonds is 5. The molecule has 3 amide bonds. The molecule has 1 fully saturated rings. The topological polar surface area (TPSA) is 67.9 Å². The summed E-state index contributed by atoms with van der Waals surface area (Å²) >= 11 is 0. The molecule has 4 rings (SSSR count). The van der Waals surface area contributed by atoms with Crippen LogP contribution in [0.5, 0.6) is 11.5 Å². The Morgan fingerprint density at radius 3 is 2.45 bits per heavy atom. The molecule has 1 saturated heterocycles. The van der Waals surface area contributed by atoms with Crippen molar-refractivity contribution in [1.82, 2.24) is 10.2 Å². The number of hydrogen-bond donors (Lipinski definition) is 1. The van der Waals surface area contributed by atoms with Gasteiger partial charge in [0.05, 0.1) is 20.8 Å². The van der Waals surface area contributed by atoms with E-state index in [1.807, 2.05) is 25.1 Å². The molecule has 2 aromatic rings. The van der Waals surface area contributed by atoms with Crippen LogP contribution in [-0.4, -0.2) is 31.1 Å². The van der Waals surface area contributed by atoms with Gasteiger partial charge in [-0.1, -0.05) is 18.2 Å². The minimum absolute atomic E-state index is 0.178. The maximum atomic E-state index is 13.3. The van der Waals surface area contributed by atoms with E-state index in [1.54, 1.807) is 21.1 Å². The summed E-state index contributed by atoms with van der Waals surface area (Å²) in [6.07, 6.45) is 3.24. The number of benzene rings is 2. The molecule has 2 aliphatic rings. The van der Waals surface area contributed by atoms with Gasteiger partial charge in [-0.05, 0) is 73.1 Å². The predicted molar refractivity (Wildman–Crippen MR) is 109 cm³/mol. The molecule has 1 unspecified atom stereocenters. The third-order valence-electron chi connectivity index (χ3n) is 6.12. The molecule has 0 saturated carbocycles. The molecule has 0 radical (unpaired) electrons. The Kier molecular flexibility index (Phi) is 4.73. The van der Waals surface area contributed by atoms with Gasteiger partial charge in [0.2, 0.25) is 0 Å². The Morgan fingerprint density at radius 2 is 1.72 bits per heavy atom.